The maximum Gasteiger partial charge on any atom is 0.416 e. The summed E-state index contributed by atoms with van der Waals surface area (Å²) >= 11 is 0. The highest BCUT2D eigenvalue weighted by molar-refractivity contribution is 5.29. The van der Waals surface area contributed by atoms with Gasteiger partial charge in [0.25, 0.3) is 0 Å². The van der Waals surface area contributed by atoms with Crippen molar-refractivity contribution < 1.29 is 17.7 Å². The fourth-order valence-electron chi connectivity index (χ4n) is 3.00. The van der Waals surface area contributed by atoms with Crippen LogP contribution in [0.4, 0.5) is 13.2 Å². The summed E-state index contributed by atoms with van der Waals surface area (Å²) in [6, 6.07) is 7.72. The van der Waals surface area contributed by atoms with Crippen LogP contribution in [0.2, 0.25) is 0 Å². The fourth-order valence-corrected chi connectivity index (χ4v) is 3.00. The van der Waals surface area contributed by atoms with Crippen molar-refractivity contribution in [3.63, 3.8) is 0 Å². The van der Waals surface area contributed by atoms with Crippen molar-refractivity contribution in [2.75, 3.05) is 26.2 Å². The monoisotopic (exact) mass is 339 g/mol. The molecule has 0 unspecified atom stereocenters. The maximum atomic E-state index is 13.1. The largest absolute Gasteiger partial charge is 0.416 e. The van der Waals surface area contributed by atoms with E-state index in [-0.39, 0.29) is 0 Å². The molecule has 0 N–H and O–H groups in total. The Morgan fingerprint density at radius 2 is 1.67 bits per heavy atom. The summed E-state index contributed by atoms with van der Waals surface area (Å²) in [5.74, 6) is 0.785. The topological polar surface area (TPSA) is 32.5 Å². The lowest BCUT2D eigenvalue weighted by atomic mass is 10.1. The number of aromatic nitrogens is 1. The molecule has 0 bridgehead atoms. The van der Waals surface area contributed by atoms with Crippen molar-refractivity contribution in [3.05, 3.63) is 52.9 Å². The van der Waals surface area contributed by atoms with E-state index in [0.29, 0.717) is 18.7 Å². The molecule has 2 heterocycles. The lowest BCUT2D eigenvalue weighted by molar-refractivity contribution is -0.138. The van der Waals surface area contributed by atoms with Crippen LogP contribution in [0.1, 0.15) is 22.6 Å². The van der Waals surface area contributed by atoms with Gasteiger partial charge in [0, 0.05) is 45.3 Å². The Kier molecular flexibility index (Phi) is 4.91. The van der Waals surface area contributed by atoms with Crippen LogP contribution in [-0.4, -0.2) is 41.1 Å². The predicted molar refractivity (Wildman–Crippen MR) is 83.2 cm³/mol. The SMILES string of the molecule is Cc1cc(CN2CCN(Cc3ccccc3C(F)(F)F)CC2)no1. The van der Waals surface area contributed by atoms with Crippen molar-refractivity contribution in [1.29, 1.82) is 0 Å². The Morgan fingerprint density at radius 3 is 2.25 bits per heavy atom. The van der Waals surface area contributed by atoms with Crippen molar-refractivity contribution in [2.24, 2.45) is 0 Å². The molecule has 1 aromatic carbocycles. The number of nitrogens with zero attached hydrogens (tertiary/aromatic N) is 3. The molecule has 1 aromatic heterocycles. The highest BCUT2D eigenvalue weighted by Crippen LogP contribution is 2.32. The van der Waals surface area contributed by atoms with E-state index in [1.165, 1.54) is 6.07 Å². The quantitative estimate of drug-likeness (QED) is 0.855. The van der Waals surface area contributed by atoms with Gasteiger partial charge in [0.05, 0.1) is 11.3 Å². The number of piperazine rings is 1. The van der Waals surface area contributed by atoms with E-state index in [0.717, 1.165) is 43.7 Å². The molecule has 3 rings (SSSR count). The van der Waals surface area contributed by atoms with Gasteiger partial charge in [0.15, 0.2) is 0 Å². The Morgan fingerprint density at radius 1 is 1.04 bits per heavy atom. The highest BCUT2D eigenvalue weighted by atomic mass is 19.4. The lowest BCUT2D eigenvalue weighted by Gasteiger charge is -2.34. The Labute approximate surface area is 138 Å². The number of benzene rings is 1. The second-order valence-electron chi connectivity index (χ2n) is 6.14. The van der Waals surface area contributed by atoms with E-state index in [1.54, 1.807) is 12.1 Å². The third kappa shape index (κ3) is 4.15. The van der Waals surface area contributed by atoms with Crippen LogP contribution in [0.15, 0.2) is 34.9 Å². The van der Waals surface area contributed by atoms with Gasteiger partial charge in [0.2, 0.25) is 0 Å². The average molecular weight is 339 g/mol. The number of aryl methyl sites for hydroxylation is 1. The van der Waals surface area contributed by atoms with Gasteiger partial charge in [-0.2, -0.15) is 13.2 Å². The van der Waals surface area contributed by atoms with Crippen LogP contribution in [0, 0.1) is 6.92 Å². The lowest BCUT2D eigenvalue weighted by Crippen LogP contribution is -2.45. The molecule has 0 spiro atoms. The molecule has 1 saturated heterocycles. The van der Waals surface area contributed by atoms with Crippen molar-refractivity contribution in [1.82, 2.24) is 15.0 Å². The molecular weight excluding hydrogens is 319 g/mol. The van der Waals surface area contributed by atoms with Crippen LogP contribution in [0.3, 0.4) is 0 Å². The Balaban J connectivity index is 1.56. The highest BCUT2D eigenvalue weighted by Gasteiger charge is 2.33. The molecule has 1 aliphatic rings. The number of hydrogen-bond donors (Lipinski definition) is 0. The second-order valence-corrected chi connectivity index (χ2v) is 6.14. The minimum absolute atomic E-state index is 0.326. The van der Waals surface area contributed by atoms with E-state index >= 15 is 0 Å². The van der Waals surface area contributed by atoms with E-state index in [2.05, 4.69) is 15.0 Å². The standard InChI is InChI=1S/C17H20F3N3O/c1-13-10-15(21-24-13)12-23-8-6-22(7-9-23)11-14-4-2-3-5-16(14)17(18,19)20/h2-5,10H,6-9,11-12H2,1H3. The minimum atomic E-state index is -4.30. The van der Waals surface area contributed by atoms with Crippen molar-refractivity contribution >= 4 is 0 Å². The molecule has 0 aliphatic carbocycles. The predicted octanol–water partition coefficient (Wildman–Crippen LogP) is 3.32. The average Bonchev–Trinajstić information content (AvgIpc) is 2.94. The van der Waals surface area contributed by atoms with Crippen LogP contribution in [0.25, 0.3) is 0 Å². The summed E-state index contributed by atoms with van der Waals surface area (Å²) < 4.78 is 44.3. The van der Waals surface area contributed by atoms with Gasteiger partial charge in [-0.3, -0.25) is 9.80 Å². The summed E-state index contributed by atoms with van der Waals surface area (Å²) in [6.07, 6.45) is -4.30. The molecule has 0 amide bonds. The number of alkyl halides is 3. The summed E-state index contributed by atoms with van der Waals surface area (Å²) in [5.41, 5.74) is 0.694. The summed E-state index contributed by atoms with van der Waals surface area (Å²) in [6.45, 7) is 5.98. The molecule has 0 saturated carbocycles. The zero-order chi connectivity index (χ0) is 17.2. The third-order valence-corrected chi connectivity index (χ3v) is 4.24. The van der Waals surface area contributed by atoms with E-state index < -0.39 is 11.7 Å². The molecule has 2 aromatic rings. The first kappa shape index (κ1) is 17.0. The van der Waals surface area contributed by atoms with Crippen LogP contribution in [0.5, 0.6) is 0 Å². The normalized spacial score (nSPS) is 17.3. The first-order chi connectivity index (χ1) is 11.4. The molecule has 24 heavy (non-hydrogen) atoms. The Hall–Kier alpha value is -1.86. The summed E-state index contributed by atoms with van der Waals surface area (Å²) in [5, 5.41) is 3.98. The minimum Gasteiger partial charge on any atom is -0.361 e. The number of rotatable bonds is 4. The van der Waals surface area contributed by atoms with Gasteiger partial charge in [-0.05, 0) is 18.6 Å². The number of halogens is 3. The van der Waals surface area contributed by atoms with E-state index in [1.807, 2.05) is 13.0 Å². The molecule has 4 nitrogen and oxygen atoms in total. The number of hydrogen-bond acceptors (Lipinski definition) is 4. The first-order valence-electron chi connectivity index (χ1n) is 7.94. The fraction of sp³-hybridized carbons (Fsp3) is 0.471. The summed E-state index contributed by atoms with van der Waals surface area (Å²) in [7, 11) is 0. The Bertz CT molecular complexity index is 676. The van der Waals surface area contributed by atoms with Gasteiger partial charge < -0.3 is 4.52 Å². The summed E-state index contributed by atoms with van der Waals surface area (Å²) in [4.78, 5) is 4.30. The first-order valence-corrected chi connectivity index (χ1v) is 7.94. The van der Waals surface area contributed by atoms with Gasteiger partial charge in [0.1, 0.15) is 5.76 Å². The van der Waals surface area contributed by atoms with Crippen LogP contribution in [-0.2, 0) is 19.3 Å². The molecule has 7 heteroatoms. The zero-order valence-corrected chi connectivity index (χ0v) is 13.5. The molecule has 130 valence electrons. The van der Waals surface area contributed by atoms with Gasteiger partial charge in [-0.15, -0.1) is 0 Å². The smallest absolute Gasteiger partial charge is 0.361 e. The zero-order valence-electron chi connectivity index (χ0n) is 13.5. The second kappa shape index (κ2) is 6.94. The van der Waals surface area contributed by atoms with E-state index in [9.17, 15) is 13.2 Å². The molecular formula is C17H20F3N3O. The van der Waals surface area contributed by atoms with Gasteiger partial charge >= 0.3 is 6.18 Å². The molecule has 0 atom stereocenters. The van der Waals surface area contributed by atoms with Crippen LogP contribution < -0.4 is 0 Å². The molecule has 1 fully saturated rings. The van der Waals surface area contributed by atoms with E-state index in [4.69, 9.17) is 4.52 Å². The van der Waals surface area contributed by atoms with Crippen molar-refractivity contribution in [2.45, 2.75) is 26.2 Å². The third-order valence-electron chi connectivity index (χ3n) is 4.24. The van der Waals surface area contributed by atoms with Crippen molar-refractivity contribution in [3.8, 4) is 0 Å². The maximum absolute atomic E-state index is 13.1. The molecule has 0 radical (unpaired) electrons. The van der Waals surface area contributed by atoms with Gasteiger partial charge in [-0.1, -0.05) is 23.4 Å². The van der Waals surface area contributed by atoms with Crippen LogP contribution >= 0.6 is 0 Å². The van der Waals surface area contributed by atoms with Gasteiger partial charge in [-0.25, -0.2) is 0 Å². The molecule has 1 aliphatic heterocycles.